The van der Waals surface area contributed by atoms with Crippen LogP contribution in [0.5, 0.6) is 0 Å². The molecule has 2 heterocycles. The van der Waals surface area contributed by atoms with Gasteiger partial charge in [0.15, 0.2) is 0 Å². The van der Waals surface area contributed by atoms with Crippen molar-refractivity contribution in [3.05, 3.63) is 66.1 Å². The summed E-state index contributed by atoms with van der Waals surface area (Å²) in [5.74, 6) is 1.49. The highest BCUT2D eigenvalue weighted by atomic mass is 15.3. The molecule has 6 heteroatoms. The van der Waals surface area contributed by atoms with Crippen LogP contribution in [-0.2, 0) is 6.54 Å². The second-order valence-corrected chi connectivity index (χ2v) is 5.96. The van der Waals surface area contributed by atoms with E-state index in [1.807, 2.05) is 54.1 Å². The zero-order valence-corrected chi connectivity index (χ0v) is 14.2. The van der Waals surface area contributed by atoms with E-state index in [0.29, 0.717) is 5.95 Å². The van der Waals surface area contributed by atoms with Crippen LogP contribution in [0.4, 0.5) is 11.8 Å². The van der Waals surface area contributed by atoms with E-state index < -0.39 is 0 Å². The maximum Gasteiger partial charge on any atom is 0.225 e. The number of anilines is 2. The summed E-state index contributed by atoms with van der Waals surface area (Å²) in [4.78, 5) is 10.7. The third-order valence-corrected chi connectivity index (χ3v) is 3.79. The van der Waals surface area contributed by atoms with Crippen molar-refractivity contribution >= 4 is 11.8 Å². The summed E-state index contributed by atoms with van der Waals surface area (Å²) in [5.41, 5.74) is 2.33. The number of rotatable bonds is 6. The van der Waals surface area contributed by atoms with Crippen molar-refractivity contribution in [3.8, 4) is 0 Å². The van der Waals surface area contributed by atoms with E-state index >= 15 is 0 Å². The lowest BCUT2D eigenvalue weighted by Crippen LogP contribution is -2.14. The molecule has 24 heavy (non-hydrogen) atoms. The Kier molecular flexibility index (Phi) is 4.74. The average Bonchev–Trinajstić information content (AvgIpc) is 3.04. The third kappa shape index (κ3) is 3.90. The fourth-order valence-corrected chi connectivity index (χ4v) is 2.40. The van der Waals surface area contributed by atoms with Gasteiger partial charge in [-0.25, -0.2) is 4.98 Å². The van der Waals surface area contributed by atoms with Crippen molar-refractivity contribution in [2.75, 3.05) is 24.3 Å². The molecule has 6 nitrogen and oxygen atoms in total. The Hall–Kier alpha value is -2.89. The number of hydrogen-bond acceptors (Lipinski definition) is 5. The predicted octanol–water partition coefficient (Wildman–Crippen LogP) is 2.96. The van der Waals surface area contributed by atoms with Gasteiger partial charge in [0.25, 0.3) is 0 Å². The fraction of sp³-hybridized carbons (Fsp3) is 0.278. The first-order chi connectivity index (χ1) is 11.6. The van der Waals surface area contributed by atoms with Crippen LogP contribution in [0.2, 0.25) is 0 Å². The summed E-state index contributed by atoms with van der Waals surface area (Å²) < 4.78 is 1.94. The summed E-state index contributed by atoms with van der Waals surface area (Å²) >= 11 is 0. The number of aromatic nitrogens is 4. The van der Waals surface area contributed by atoms with Crippen LogP contribution in [-0.4, -0.2) is 33.8 Å². The van der Waals surface area contributed by atoms with Gasteiger partial charge < -0.3 is 10.2 Å². The van der Waals surface area contributed by atoms with Gasteiger partial charge >= 0.3 is 0 Å². The Balaban J connectivity index is 1.67. The van der Waals surface area contributed by atoms with E-state index in [1.54, 1.807) is 6.20 Å². The Morgan fingerprint density at radius 3 is 2.71 bits per heavy atom. The molecule has 3 rings (SSSR count). The summed E-state index contributed by atoms with van der Waals surface area (Å²) in [7, 11) is 3.92. The van der Waals surface area contributed by atoms with Crippen molar-refractivity contribution < 1.29 is 0 Å². The summed E-state index contributed by atoms with van der Waals surface area (Å²) in [5, 5.41) is 7.78. The molecule has 124 valence electrons. The molecule has 0 fully saturated rings. The minimum atomic E-state index is 0.0759. The standard InChI is InChI=1S/C18H22N6/c1-14(21-18-19-10-9-17(22-18)23(2)3)16-11-20-24(13-16)12-15-7-5-4-6-8-15/h4-11,13-14H,12H2,1-3H3,(H,19,21,22). The van der Waals surface area contributed by atoms with Gasteiger partial charge in [0.05, 0.1) is 18.8 Å². The predicted molar refractivity (Wildman–Crippen MR) is 96.2 cm³/mol. The van der Waals surface area contributed by atoms with E-state index in [9.17, 15) is 0 Å². The van der Waals surface area contributed by atoms with Gasteiger partial charge in [-0.15, -0.1) is 0 Å². The Morgan fingerprint density at radius 2 is 1.96 bits per heavy atom. The molecule has 1 N–H and O–H groups in total. The van der Waals surface area contributed by atoms with Gasteiger partial charge in [-0.1, -0.05) is 30.3 Å². The van der Waals surface area contributed by atoms with Gasteiger partial charge in [0, 0.05) is 32.1 Å². The molecular formula is C18H22N6. The largest absolute Gasteiger partial charge is 0.363 e. The molecule has 0 saturated carbocycles. The molecule has 0 aliphatic carbocycles. The Labute approximate surface area is 142 Å². The molecule has 0 aliphatic rings. The number of nitrogens with one attached hydrogen (secondary N) is 1. The summed E-state index contributed by atoms with van der Waals surface area (Å²) in [6, 6.07) is 12.3. The topological polar surface area (TPSA) is 58.9 Å². The van der Waals surface area contributed by atoms with Crippen LogP contribution in [0.3, 0.4) is 0 Å². The van der Waals surface area contributed by atoms with E-state index in [-0.39, 0.29) is 6.04 Å². The molecule has 1 aromatic carbocycles. The van der Waals surface area contributed by atoms with E-state index in [4.69, 9.17) is 0 Å². The number of benzene rings is 1. The van der Waals surface area contributed by atoms with Gasteiger partial charge in [-0.05, 0) is 18.6 Å². The first-order valence-electron chi connectivity index (χ1n) is 7.95. The third-order valence-electron chi connectivity index (χ3n) is 3.79. The second-order valence-electron chi connectivity index (χ2n) is 5.96. The van der Waals surface area contributed by atoms with Crippen molar-refractivity contribution in [1.29, 1.82) is 0 Å². The molecular weight excluding hydrogens is 300 g/mol. The van der Waals surface area contributed by atoms with Crippen molar-refractivity contribution in [2.45, 2.75) is 19.5 Å². The molecule has 1 atom stereocenters. The van der Waals surface area contributed by atoms with E-state index in [2.05, 4.69) is 45.6 Å². The highest BCUT2D eigenvalue weighted by molar-refractivity contribution is 5.41. The van der Waals surface area contributed by atoms with E-state index in [0.717, 1.165) is 17.9 Å². The second kappa shape index (κ2) is 7.12. The summed E-state index contributed by atoms with van der Waals surface area (Å²) in [6.07, 6.45) is 5.70. The van der Waals surface area contributed by atoms with Gasteiger partial charge in [-0.2, -0.15) is 10.1 Å². The molecule has 3 aromatic rings. The first kappa shape index (κ1) is 16.0. The van der Waals surface area contributed by atoms with Crippen LogP contribution in [0.15, 0.2) is 55.0 Å². The number of nitrogens with zero attached hydrogens (tertiary/aromatic N) is 5. The first-order valence-corrected chi connectivity index (χ1v) is 7.95. The zero-order valence-electron chi connectivity index (χ0n) is 14.2. The van der Waals surface area contributed by atoms with Gasteiger partial charge in [-0.3, -0.25) is 4.68 Å². The Bertz CT molecular complexity index is 781. The SMILES string of the molecule is CC(Nc1nccc(N(C)C)n1)c1cnn(Cc2ccccc2)c1. The van der Waals surface area contributed by atoms with Crippen LogP contribution in [0.1, 0.15) is 24.1 Å². The highest BCUT2D eigenvalue weighted by Crippen LogP contribution is 2.18. The van der Waals surface area contributed by atoms with Crippen LogP contribution in [0.25, 0.3) is 0 Å². The molecule has 0 amide bonds. The zero-order chi connectivity index (χ0) is 16.9. The maximum absolute atomic E-state index is 4.49. The minimum absolute atomic E-state index is 0.0759. The normalized spacial score (nSPS) is 12.0. The van der Waals surface area contributed by atoms with Crippen molar-refractivity contribution in [2.24, 2.45) is 0 Å². The average molecular weight is 322 g/mol. The monoisotopic (exact) mass is 322 g/mol. The molecule has 0 bridgehead atoms. The van der Waals surface area contributed by atoms with Crippen LogP contribution in [0, 0.1) is 0 Å². The lowest BCUT2D eigenvalue weighted by molar-refractivity contribution is 0.685. The van der Waals surface area contributed by atoms with Crippen molar-refractivity contribution in [1.82, 2.24) is 19.7 Å². The molecule has 2 aromatic heterocycles. The molecule has 0 radical (unpaired) electrons. The molecule has 0 aliphatic heterocycles. The quantitative estimate of drug-likeness (QED) is 0.756. The fourth-order valence-electron chi connectivity index (χ4n) is 2.40. The molecule has 0 spiro atoms. The van der Waals surface area contributed by atoms with Crippen LogP contribution >= 0.6 is 0 Å². The summed E-state index contributed by atoms with van der Waals surface area (Å²) in [6.45, 7) is 2.84. The minimum Gasteiger partial charge on any atom is -0.363 e. The smallest absolute Gasteiger partial charge is 0.225 e. The number of hydrogen-bond donors (Lipinski definition) is 1. The highest BCUT2D eigenvalue weighted by Gasteiger charge is 2.10. The molecule has 0 saturated heterocycles. The maximum atomic E-state index is 4.49. The lowest BCUT2D eigenvalue weighted by Gasteiger charge is -2.15. The lowest BCUT2D eigenvalue weighted by atomic mass is 10.2. The van der Waals surface area contributed by atoms with E-state index in [1.165, 1.54) is 5.56 Å². The van der Waals surface area contributed by atoms with Gasteiger partial charge in [0.2, 0.25) is 5.95 Å². The van der Waals surface area contributed by atoms with Crippen molar-refractivity contribution in [3.63, 3.8) is 0 Å². The van der Waals surface area contributed by atoms with Gasteiger partial charge in [0.1, 0.15) is 5.82 Å². The molecule has 1 unspecified atom stereocenters. The van der Waals surface area contributed by atoms with Crippen LogP contribution < -0.4 is 10.2 Å². The Morgan fingerprint density at radius 1 is 1.17 bits per heavy atom.